The van der Waals surface area contributed by atoms with E-state index >= 15 is 0 Å². The Bertz CT molecular complexity index is 378. The summed E-state index contributed by atoms with van der Waals surface area (Å²) in [5.74, 6) is -0.681. The van der Waals surface area contributed by atoms with Crippen LogP contribution in [-0.4, -0.2) is 17.3 Å². The van der Waals surface area contributed by atoms with Crippen LogP contribution >= 0.6 is 31.9 Å². The molecule has 0 saturated heterocycles. The van der Waals surface area contributed by atoms with Gasteiger partial charge in [-0.25, -0.2) is 4.39 Å². The number of benzene rings is 1. The van der Waals surface area contributed by atoms with E-state index in [-0.39, 0.29) is 10.7 Å². The van der Waals surface area contributed by atoms with Gasteiger partial charge in [-0.05, 0) is 24.6 Å². The third kappa shape index (κ3) is 5.17. The molecule has 0 aliphatic rings. The first-order valence-corrected chi connectivity index (χ1v) is 7.12. The van der Waals surface area contributed by atoms with Gasteiger partial charge in [0.1, 0.15) is 5.82 Å². The maximum absolute atomic E-state index is 13.1. The van der Waals surface area contributed by atoms with E-state index in [2.05, 4.69) is 44.1 Å². The van der Waals surface area contributed by atoms with Crippen molar-refractivity contribution in [3.05, 3.63) is 34.1 Å². The summed E-state index contributed by atoms with van der Waals surface area (Å²) in [4.78, 5) is 12.0. The molecule has 1 unspecified atom stereocenters. The average Bonchev–Trinajstić information content (AvgIpc) is 2.25. The Balaban J connectivity index is 2.58. The summed E-state index contributed by atoms with van der Waals surface area (Å²) in [7, 11) is 0. The highest BCUT2D eigenvalue weighted by molar-refractivity contribution is 9.10. The van der Waals surface area contributed by atoms with Crippen LogP contribution in [0.15, 0.2) is 22.7 Å². The van der Waals surface area contributed by atoms with E-state index < -0.39 is 5.82 Å². The first kappa shape index (κ1) is 14.6. The predicted octanol–water partition coefficient (Wildman–Crippen LogP) is 3.88. The zero-order valence-corrected chi connectivity index (χ0v) is 12.6. The molecule has 1 amide bonds. The normalized spacial score (nSPS) is 12.2. The van der Waals surface area contributed by atoms with Crippen LogP contribution in [0.1, 0.15) is 30.1 Å². The Labute approximate surface area is 117 Å². The fraction of sp³-hybridized carbons (Fsp3) is 0.417. The number of rotatable bonds is 5. The summed E-state index contributed by atoms with van der Waals surface area (Å²) in [6, 6.07) is 4.14. The van der Waals surface area contributed by atoms with E-state index in [1.807, 2.05) is 0 Å². The van der Waals surface area contributed by atoms with Crippen molar-refractivity contribution in [3.63, 3.8) is 0 Å². The van der Waals surface area contributed by atoms with Crippen LogP contribution in [0.25, 0.3) is 0 Å². The minimum Gasteiger partial charge on any atom is -0.351 e. The first-order chi connectivity index (χ1) is 8.02. The van der Waals surface area contributed by atoms with Crippen molar-refractivity contribution in [1.29, 1.82) is 0 Å². The van der Waals surface area contributed by atoms with Crippen molar-refractivity contribution in [2.45, 2.75) is 24.6 Å². The maximum atomic E-state index is 13.1. The number of carbonyl (C=O) groups is 1. The van der Waals surface area contributed by atoms with E-state index in [0.29, 0.717) is 16.6 Å². The van der Waals surface area contributed by atoms with Gasteiger partial charge in [0, 0.05) is 21.4 Å². The van der Waals surface area contributed by atoms with Crippen LogP contribution in [0.4, 0.5) is 4.39 Å². The van der Waals surface area contributed by atoms with Crippen molar-refractivity contribution in [2.24, 2.45) is 0 Å². The highest BCUT2D eigenvalue weighted by Gasteiger charge is 2.10. The van der Waals surface area contributed by atoms with E-state index in [1.165, 1.54) is 12.1 Å². The Morgan fingerprint density at radius 1 is 1.47 bits per heavy atom. The molecule has 5 heteroatoms. The Morgan fingerprint density at radius 2 is 2.18 bits per heavy atom. The number of hydrogen-bond donors (Lipinski definition) is 1. The molecule has 1 N–H and O–H groups in total. The van der Waals surface area contributed by atoms with Crippen molar-refractivity contribution < 1.29 is 9.18 Å². The molecule has 0 fully saturated rings. The lowest BCUT2D eigenvalue weighted by molar-refractivity contribution is 0.0953. The number of halogens is 3. The number of amides is 1. The lowest BCUT2D eigenvalue weighted by Crippen LogP contribution is -2.29. The van der Waals surface area contributed by atoms with E-state index in [0.717, 1.165) is 12.8 Å². The van der Waals surface area contributed by atoms with Crippen LogP contribution in [-0.2, 0) is 0 Å². The smallest absolute Gasteiger partial charge is 0.251 e. The Hall–Kier alpha value is -0.420. The van der Waals surface area contributed by atoms with Gasteiger partial charge in [0.05, 0.1) is 0 Å². The van der Waals surface area contributed by atoms with Crippen molar-refractivity contribution in [1.82, 2.24) is 5.32 Å². The highest BCUT2D eigenvalue weighted by Crippen LogP contribution is 2.15. The van der Waals surface area contributed by atoms with Gasteiger partial charge in [0.25, 0.3) is 5.91 Å². The fourth-order valence-corrected chi connectivity index (χ4v) is 2.49. The molecule has 17 heavy (non-hydrogen) atoms. The number of nitrogens with one attached hydrogen (secondary N) is 1. The maximum Gasteiger partial charge on any atom is 0.251 e. The van der Waals surface area contributed by atoms with Crippen LogP contribution in [0.5, 0.6) is 0 Å². The van der Waals surface area contributed by atoms with Gasteiger partial charge in [-0.3, -0.25) is 4.79 Å². The molecule has 0 heterocycles. The SMILES string of the molecule is CCCC(Br)CNC(=O)c1cc(F)cc(Br)c1. The molecule has 0 saturated carbocycles. The molecule has 0 aliphatic carbocycles. The van der Waals surface area contributed by atoms with Gasteiger partial charge >= 0.3 is 0 Å². The second kappa shape index (κ2) is 7.11. The van der Waals surface area contributed by atoms with Gasteiger partial charge < -0.3 is 5.32 Å². The Morgan fingerprint density at radius 3 is 2.76 bits per heavy atom. The molecule has 1 aromatic carbocycles. The van der Waals surface area contributed by atoms with Gasteiger partial charge in [-0.15, -0.1) is 0 Å². The number of hydrogen-bond acceptors (Lipinski definition) is 1. The predicted molar refractivity (Wildman–Crippen MR) is 74.1 cm³/mol. The zero-order chi connectivity index (χ0) is 12.8. The van der Waals surface area contributed by atoms with Gasteiger partial charge in [-0.2, -0.15) is 0 Å². The van der Waals surface area contributed by atoms with E-state index in [4.69, 9.17) is 0 Å². The third-order valence-electron chi connectivity index (χ3n) is 2.21. The monoisotopic (exact) mass is 365 g/mol. The number of carbonyl (C=O) groups excluding carboxylic acids is 1. The summed E-state index contributed by atoms with van der Waals surface area (Å²) < 4.78 is 13.7. The molecule has 1 aromatic rings. The van der Waals surface area contributed by atoms with E-state index in [1.54, 1.807) is 6.07 Å². The second-order valence-corrected chi connectivity index (χ2v) is 5.96. The first-order valence-electron chi connectivity index (χ1n) is 5.41. The molecular formula is C12H14Br2FNO. The molecule has 0 spiro atoms. The minimum absolute atomic E-state index is 0.258. The lowest BCUT2D eigenvalue weighted by atomic mass is 10.2. The third-order valence-corrected chi connectivity index (χ3v) is 3.45. The second-order valence-electron chi connectivity index (χ2n) is 3.75. The fourth-order valence-electron chi connectivity index (χ4n) is 1.41. The van der Waals surface area contributed by atoms with Crippen molar-refractivity contribution in [3.8, 4) is 0 Å². The van der Waals surface area contributed by atoms with Gasteiger partial charge in [0.15, 0.2) is 0 Å². The summed E-state index contributed by atoms with van der Waals surface area (Å²) in [5, 5.41) is 2.76. The molecule has 94 valence electrons. The number of alkyl halides is 1. The molecule has 0 bridgehead atoms. The molecular weight excluding hydrogens is 353 g/mol. The summed E-state index contributed by atoms with van der Waals surface area (Å²) >= 11 is 6.63. The molecule has 0 aliphatic heterocycles. The molecule has 1 atom stereocenters. The zero-order valence-electron chi connectivity index (χ0n) is 9.47. The quantitative estimate of drug-likeness (QED) is 0.787. The summed E-state index contributed by atoms with van der Waals surface area (Å²) in [6.07, 6.45) is 2.05. The van der Waals surface area contributed by atoms with Gasteiger partial charge in [0.2, 0.25) is 0 Å². The summed E-state index contributed by atoms with van der Waals surface area (Å²) in [6.45, 7) is 2.63. The van der Waals surface area contributed by atoms with E-state index in [9.17, 15) is 9.18 Å². The largest absolute Gasteiger partial charge is 0.351 e. The van der Waals surface area contributed by atoms with Crippen LogP contribution in [0, 0.1) is 5.82 Å². The standard InChI is InChI=1S/C12H14Br2FNO/c1-2-3-9(13)7-16-12(17)8-4-10(14)6-11(15)5-8/h4-6,9H,2-3,7H2,1H3,(H,16,17). The van der Waals surface area contributed by atoms with Crippen LogP contribution in [0.2, 0.25) is 0 Å². The lowest BCUT2D eigenvalue weighted by Gasteiger charge is -2.10. The van der Waals surface area contributed by atoms with Crippen LogP contribution in [0.3, 0.4) is 0 Å². The molecule has 0 aromatic heterocycles. The summed E-state index contributed by atoms with van der Waals surface area (Å²) in [5.41, 5.74) is 0.327. The molecule has 2 nitrogen and oxygen atoms in total. The topological polar surface area (TPSA) is 29.1 Å². The van der Waals surface area contributed by atoms with Crippen molar-refractivity contribution in [2.75, 3.05) is 6.54 Å². The minimum atomic E-state index is -0.423. The Kier molecular flexibility index (Phi) is 6.12. The highest BCUT2D eigenvalue weighted by atomic mass is 79.9. The van der Waals surface area contributed by atoms with Gasteiger partial charge in [-0.1, -0.05) is 45.2 Å². The molecule has 1 rings (SSSR count). The molecule has 0 radical (unpaired) electrons. The average molecular weight is 367 g/mol. The van der Waals surface area contributed by atoms with Crippen LogP contribution < -0.4 is 5.32 Å². The van der Waals surface area contributed by atoms with Crippen molar-refractivity contribution >= 4 is 37.8 Å².